The molecule has 0 aromatic rings. The molecule has 0 aromatic heterocycles. The molecule has 0 radical (unpaired) electrons. The number of guanidine groups is 1. The van der Waals surface area contributed by atoms with Crippen molar-refractivity contribution in [1.82, 2.24) is 20.0 Å². The summed E-state index contributed by atoms with van der Waals surface area (Å²) in [7, 11) is 3.54. The second-order valence-electron chi connectivity index (χ2n) is 6.77. The first-order valence-corrected chi connectivity index (χ1v) is 9.09. The number of nitrogens with zero attached hydrogens (tertiary/aromatic N) is 4. The van der Waals surface area contributed by atoms with E-state index >= 15 is 0 Å². The van der Waals surface area contributed by atoms with Crippen LogP contribution in [0.4, 0.5) is 0 Å². The maximum Gasteiger partial charge on any atom is 0.243 e. The highest BCUT2D eigenvalue weighted by Crippen LogP contribution is 2.23. The molecule has 0 atom stereocenters. The lowest BCUT2D eigenvalue weighted by Gasteiger charge is -2.41. The fourth-order valence-corrected chi connectivity index (χ4v) is 3.45. The third-order valence-electron chi connectivity index (χ3n) is 4.90. The van der Waals surface area contributed by atoms with Gasteiger partial charge in [0.1, 0.15) is 6.54 Å². The minimum absolute atomic E-state index is 0. The van der Waals surface area contributed by atoms with Gasteiger partial charge in [0.25, 0.3) is 0 Å². The zero-order chi connectivity index (χ0) is 16.7. The van der Waals surface area contributed by atoms with Gasteiger partial charge in [0, 0.05) is 52.9 Å². The molecule has 0 unspecified atom stereocenters. The Balaban J connectivity index is 0.00000288. The molecule has 0 spiro atoms. The number of carbonyl (C=O) groups excluding carboxylic acids is 1. The molecular weight excluding hydrogens is 417 g/mol. The lowest BCUT2D eigenvalue weighted by molar-refractivity contribution is -0.127. The molecule has 1 aliphatic heterocycles. The van der Waals surface area contributed by atoms with E-state index in [1.165, 1.54) is 32.1 Å². The quantitative estimate of drug-likeness (QED) is 0.401. The smallest absolute Gasteiger partial charge is 0.243 e. The van der Waals surface area contributed by atoms with E-state index in [4.69, 9.17) is 0 Å². The number of nitrogens with one attached hydrogen (secondary N) is 1. The number of rotatable bonds is 4. The molecule has 7 heteroatoms. The molecule has 1 amide bonds. The van der Waals surface area contributed by atoms with Crippen LogP contribution in [0.1, 0.15) is 39.0 Å². The van der Waals surface area contributed by atoms with Crippen LogP contribution in [-0.2, 0) is 4.79 Å². The van der Waals surface area contributed by atoms with Crippen LogP contribution < -0.4 is 5.32 Å². The van der Waals surface area contributed by atoms with Gasteiger partial charge in [0.05, 0.1) is 0 Å². The highest BCUT2D eigenvalue weighted by Gasteiger charge is 2.26. The molecular formula is C17H34IN5O. The molecule has 1 saturated carbocycles. The molecule has 6 nitrogen and oxygen atoms in total. The van der Waals surface area contributed by atoms with Crippen molar-refractivity contribution in [3.63, 3.8) is 0 Å². The minimum Gasteiger partial charge on any atom is -0.357 e. The van der Waals surface area contributed by atoms with Gasteiger partial charge in [-0.2, -0.15) is 0 Å². The van der Waals surface area contributed by atoms with Gasteiger partial charge in [-0.15, -0.1) is 24.0 Å². The number of carbonyl (C=O) groups is 1. The van der Waals surface area contributed by atoms with Gasteiger partial charge in [0.15, 0.2) is 5.96 Å². The molecule has 2 rings (SSSR count). The lowest BCUT2D eigenvalue weighted by atomic mass is 9.94. The van der Waals surface area contributed by atoms with Crippen molar-refractivity contribution in [2.75, 3.05) is 53.4 Å². The summed E-state index contributed by atoms with van der Waals surface area (Å²) in [6.07, 6.45) is 6.92. The van der Waals surface area contributed by atoms with Crippen molar-refractivity contribution in [2.45, 2.75) is 45.1 Å². The maximum atomic E-state index is 11.8. The molecule has 1 N–H and O–H groups in total. The Bertz CT molecular complexity index is 402. The van der Waals surface area contributed by atoms with Crippen LogP contribution in [0.15, 0.2) is 4.99 Å². The molecule has 2 fully saturated rings. The summed E-state index contributed by atoms with van der Waals surface area (Å²) in [6.45, 7) is 7.34. The van der Waals surface area contributed by atoms with E-state index < -0.39 is 0 Å². The number of piperazine rings is 1. The van der Waals surface area contributed by atoms with Gasteiger partial charge in [-0.1, -0.05) is 19.3 Å². The van der Waals surface area contributed by atoms with Crippen molar-refractivity contribution >= 4 is 35.8 Å². The van der Waals surface area contributed by atoms with Gasteiger partial charge >= 0.3 is 0 Å². The van der Waals surface area contributed by atoms with Crippen molar-refractivity contribution in [1.29, 1.82) is 0 Å². The highest BCUT2D eigenvalue weighted by atomic mass is 127. The Morgan fingerprint density at radius 1 is 1.12 bits per heavy atom. The van der Waals surface area contributed by atoms with E-state index in [2.05, 4.69) is 27.0 Å². The predicted octanol–water partition coefficient (Wildman–Crippen LogP) is 1.61. The lowest BCUT2D eigenvalue weighted by Crippen LogP contribution is -2.55. The summed E-state index contributed by atoms with van der Waals surface area (Å²) in [5.41, 5.74) is 0. The number of hydrogen-bond donors (Lipinski definition) is 1. The Morgan fingerprint density at radius 2 is 1.75 bits per heavy atom. The largest absolute Gasteiger partial charge is 0.357 e. The van der Waals surface area contributed by atoms with E-state index in [-0.39, 0.29) is 36.4 Å². The van der Waals surface area contributed by atoms with Crippen LogP contribution in [-0.4, -0.2) is 86.0 Å². The van der Waals surface area contributed by atoms with Crippen molar-refractivity contribution < 1.29 is 4.79 Å². The summed E-state index contributed by atoms with van der Waals surface area (Å²) in [4.78, 5) is 22.8. The van der Waals surface area contributed by atoms with Crippen LogP contribution in [0.5, 0.6) is 0 Å². The van der Waals surface area contributed by atoms with Crippen LogP contribution in [0, 0.1) is 0 Å². The average molecular weight is 451 g/mol. The summed E-state index contributed by atoms with van der Waals surface area (Å²) < 4.78 is 0. The fraction of sp³-hybridized carbons (Fsp3) is 0.882. The topological polar surface area (TPSA) is 51.2 Å². The fourth-order valence-electron chi connectivity index (χ4n) is 3.45. The predicted molar refractivity (Wildman–Crippen MR) is 110 cm³/mol. The van der Waals surface area contributed by atoms with E-state index in [0.29, 0.717) is 0 Å². The first-order chi connectivity index (χ1) is 11.1. The van der Waals surface area contributed by atoms with Gasteiger partial charge in [-0.25, -0.2) is 4.99 Å². The zero-order valence-corrected chi connectivity index (χ0v) is 17.8. The van der Waals surface area contributed by atoms with Gasteiger partial charge in [-0.3, -0.25) is 9.69 Å². The molecule has 24 heavy (non-hydrogen) atoms. The zero-order valence-electron chi connectivity index (χ0n) is 15.5. The Hall–Kier alpha value is -0.570. The third kappa shape index (κ3) is 6.38. The van der Waals surface area contributed by atoms with E-state index in [1.807, 2.05) is 0 Å². The third-order valence-corrected chi connectivity index (χ3v) is 4.90. The molecule has 0 aromatic carbocycles. The molecule has 1 saturated heterocycles. The number of amides is 1. The number of likely N-dealkylation sites (N-methyl/N-ethyl adjacent to an activating group) is 1. The monoisotopic (exact) mass is 451 g/mol. The van der Waals surface area contributed by atoms with Gasteiger partial charge in [0.2, 0.25) is 5.91 Å². The van der Waals surface area contributed by atoms with Crippen LogP contribution in [0.3, 0.4) is 0 Å². The first-order valence-electron chi connectivity index (χ1n) is 9.09. The van der Waals surface area contributed by atoms with Crippen LogP contribution in [0.25, 0.3) is 0 Å². The van der Waals surface area contributed by atoms with Crippen LogP contribution in [0.2, 0.25) is 0 Å². The van der Waals surface area contributed by atoms with E-state index in [1.54, 1.807) is 19.0 Å². The molecule has 1 heterocycles. The molecule has 0 bridgehead atoms. The van der Waals surface area contributed by atoms with Gasteiger partial charge in [-0.05, 0) is 19.8 Å². The average Bonchev–Trinajstić information content (AvgIpc) is 2.59. The summed E-state index contributed by atoms with van der Waals surface area (Å²) in [6, 6.07) is 0.792. The Morgan fingerprint density at radius 3 is 2.29 bits per heavy atom. The highest BCUT2D eigenvalue weighted by molar-refractivity contribution is 14.0. The molecule has 1 aliphatic carbocycles. The Kier molecular flexibility index (Phi) is 9.95. The van der Waals surface area contributed by atoms with Crippen molar-refractivity contribution in [3.8, 4) is 0 Å². The van der Waals surface area contributed by atoms with Crippen molar-refractivity contribution in [3.05, 3.63) is 0 Å². The number of halogens is 1. The Labute approximate surface area is 164 Å². The maximum absolute atomic E-state index is 11.8. The van der Waals surface area contributed by atoms with E-state index in [0.717, 1.165) is 44.7 Å². The summed E-state index contributed by atoms with van der Waals surface area (Å²) in [5.74, 6) is 0.923. The first kappa shape index (κ1) is 21.5. The standard InChI is InChI=1S/C17H33N5O.HI/c1-4-18-17(19-14-16(23)20(2)3)22-12-10-21(11-13-22)15-8-6-5-7-9-15;/h15H,4-14H2,1-3H3,(H,18,19);1H. The van der Waals surface area contributed by atoms with Gasteiger partial charge < -0.3 is 15.1 Å². The van der Waals surface area contributed by atoms with E-state index in [9.17, 15) is 4.79 Å². The second-order valence-corrected chi connectivity index (χ2v) is 6.77. The molecule has 2 aliphatic rings. The normalized spacial score (nSPS) is 20.5. The van der Waals surface area contributed by atoms with Crippen LogP contribution >= 0.6 is 24.0 Å². The van der Waals surface area contributed by atoms with Crippen molar-refractivity contribution in [2.24, 2.45) is 4.99 Å². The SMILES string of the molecule is CCNC(=NCC(=O)N(C)C)N1CCN(C2CCCCC2)CC1.I. The summed E-state index contributed by atoms with van der Waals surface area (Å²) in [5, 5.41) is 3.33. The second kappa shape index (κ2) is 11.1. The summed E-state index contributed by atoms with van der Waals surface area (Å²) >= 11 is 0. The molecule has 140 valence electrons. The number of aliphatic imine (C=N–C) groups is 1. The minimum atomic E-state index is 0. The number of hydrogen-bond acceptors (Lipinski definition) is 3.